The van der Waals surface area contributed by atoms with Crippen molar-refractivity contribution < 1.29 is 9.84 Å². The first-order valence-electron chi connectivity index (χ1n) is 7.00. The van der Waals surface area contributed by atoms with Crippen LogP contribution in [0.25, 0.3) is 0 Å². The summed E-state index contributed by atoms with van der Waals surface area (Å²) in [5.74, 6) is 0.883. The third-order valence-electron chi connectivity index (χ3n) is 5.59. The second kappa shape index (κ2) is 5.00. The molecule has 1 aromatic rings. The van der Waals surface area contributed by atoms with E-state index in [4.69, 9.17) is 4.74 Å². The van der Waals surface area contributed by atoms with E-state index in [-0.39, 0.29) is 28.4 Å². The number of nitrogens with zero attached hydrogens (tertiary/aromatic N) is 1. The zero-order valence-electron chi connectivity index (χ0n) is 12.6. The summed E-state index contributed by atoms with van der Waals surface area (Å²) in [6.07, 6.45) is 1.89. The topological polar surface area (TPSA) is 32.7 Å². The van der Waals surface area contributed by atoms with Crippen LogP contribution in [0.1, 0.15) is 31.4 Å². The molecule has 0 radical (unpaired) electrons. The standard InChI is InChI=1S/C16H23NO2.BrH/c1-15-7-8-17(3)14(16(15,2)18)9-11-5-6-12(19-4)10-13(11)15;/h5-6,10,14,18H,7-9H2,1-4H3;1H. The van der Waals surface area contributed by atoms with Crippen LogP contribution < -0.4 is 4.74 Å². The predicted molar refractivity (Wildman–Crippen MR) is 86.0 cm³/mol. The van der Waals surface area contributed by atoms with E-state index in [0.717, 1.165) is 25.1 Å². The quantitative estimate of drug-likeness (QED) is 0.851. The highest BCUT2D eigenvalue weighted by molar-refractivity contribution is 8.93. The minimum atomic E-state index is -0.695. The SMILES string of the molecule is Br.COc1ccc2c(c1)C1(C)CCN(C)C(C2)C1(C)O. The van der Waals surface area contributed by atoms with Gasteiger partial charge in [-0.2, -0.15) is 0 Å². The maximum Gasteiger partial charge on any atom is 0.119 e. The molecule has 1 heterocycles. The van der Waals surface area contributed by atoms with Gasteiger partial charge in [-0.15, -0.1) is 17.0 Å². The van der Waals surface area contributed by atoms with Gasteiger partial charge in [0, 0.05) is 11.5 Å². The molecule has 2 aliphatic rings. The number of likely N-dealkylation sites (tertiary alicyclic amines) is 1. The Balaban J connectivity index is 0.00000147. The lowest BCUT2D eigenvalue weighted by atomic mass is 9.56. The van der Waals surface area contributed by atoms with Crippen LogP contribution in [0.15, 0.2) is 18.2 Å². The summed E-state index contributed by atoms with van der Waals surface area (Å²) in [6, 6.07) is 6.50. The molecule has 3 atom stereocenters. The van der Waals surface area contributed by atoms with Crippen LogP contribution in [0.5, 0.6) is 5.75 Å². The van der Waals surface area contributed by atoms with E-state index in [1.54, 1.807) is 7.11 Å². The fraction of sp³-hybridized carbons (Fsp3) is 0.625. The average Bonchev–Trinajstić information content (AvgIpc) is 2.38. The Labute approximate surface area is 131 Å². The van der Waals surface area contributed by atoms with Crippen LogP contribution in [0.2, 0.25) is 0 Å². The van der Waals surface area contributed by atoms with E-state index in [9.17, 15) is 5.11 Å². The van der Waals surface area contributed by atoms with Gasteiger partial charge in [-0.25, -0.2) is 0 Å². The van der Waals surface area contributed by atoms with Crippen molar-refractivity contribution in [1.82, 2.24) is 4.90 Å². The lowest BCUT2D eigenvalue weighted by Gasteiger charge is -2.58. The Morgan fingerprint density at radius 3 is 2.70 bits per heavy atom. The van der Waals surface area contributed by atoms with Gasteiger partial charge in [0.15, 0.2) is 0 Å². The van der Waals surface area contributed by atoms with E-state index in [2.05, 4.69) is 31.0 Å². The molecule has 3 rings (SSSR count). The summed E-state index contributed by atoms with van der Waals surface area (Å²) in [5.41, 5.74) is 1.73. The van der Waals surface area contributed by atoms with Gasteiger partial charge in [0.1, 0.15) is 5.75 Å². The van der Waals surface area contributed by atoms with Crippen molar-refractivity contribution in [2.45, 2.75) is 43.7 Å². The Morgan fingerprint density at radius 2 is 2.05 bits per heavy atom. The van der Waals surface area contributed by atoms with Crippen LogP contribution in [0.4, 0.5) is 0 Å². The minimum absolute atomic E-state index is 0. The number of rotatable bonds is 1. The van der Waals surface area contributed by atoms with E-state index < -0.39 is 5.60 Å². The molecule has 1 N–H and O–H groups in total. The van der Waals surface area contributed by atoms with Crippen LogP contribution in [-0.2, 0) is 11.8 Å². The molecule has 3 nitrogen and oxygen atoms in total. The summed E-state index contributed by atoms with van der Waals surface area (Å²) in [7, 11) is 3.82. The first-order chi connectivity index (χ1) is 8.90. The third-order valence-corrected chi connectivity index (χ3v) is 5.59. The zero-order chi connectivity index (χ0) is 13.8. The fourth-order valence-corrected chi connectivity index (χ4v) is 3.95. The number of benzene rings is 1. The minimum Gasteiger partial charge on any atom is -0.497 e. The molecule has 1 aliphatic heterocycles. The Kier molecular flexibility index (Phi) is 3.95. The summed E-state index contributed by atoms with van der Waals surface area (Å²) >= 11 is 0. The zero-order valence-corrected chi connectivity index (χ0v) is 14.4. The number of hydrogen-bond donors (Lipinski definition) is 1. The van der Waals surface area contributed by atoms with Crippen molar-refractivity contribution in [2.75, 3.05) is 20.7 Å². The van der Waals surface area contributed by atoms with E-state index in [1.807, 2.05) is 13.0 Å². The number of fused-ring (bicyclic) bond motifs is 4. The van der Waals surface area contributed by atoms with Crippen molar-refractivity contribution >= 4 is 17.0 Å². The molecule has 112 valence electrons. The van der Waals surface area contributed by atoms with Crippen LogP contribution >= 0.6 is 17.0 Å². The van der Waals surface area contributed by atoms with Gasteiger partial charge in [-0.1, -0.05) is 13.0 Å². The Morgan fingerprint density at radius 1 is 1.35 bits per heavy atom. The average molecular weight is 342 g/mol. The van der Waals surface area contributed by atoms with Crippen molar-refractivity contribution in [3.63, 3.8) is 0 Å². The lowest BCUT2D eigenvalue weighted by Crippen LogP contribution is -2.68. The molecule has 0 saturated carbocycles. The summed E-state index contributed by atoms with van der Waals surface area (Å²) < 4.78 is 5.36. The second-order valence-corrected chi connectivity index (χ2v) is 6.45. The molecule has 0 amide bonds. The van der Waals surface area contributed by atoms with Gasteiger partial charge in [0.2, 0.25) is 0 Å². The number of methoxy groups -OCH3 is 1. The third kappa shape index (κ3) is 1.92. The summed E-state index contributed by atoms with van der Waals surface area (Å²) in [6.45, 7) is 5.23. The Hall–Kier alpha value is -0.580. The molecule has 2 bridgehead atoms. The van der Waals surface area contributed by atoms with Gasteiger partial charge in [0.05, 0.1) is 12.7 Å². The number of aliphatic hydroxyl groups is 1. The van der Waals surface area contributed by atoms with E-state index in [0.29, 0.717) is 0 Å². The van der Waals surface area contributed by atoms with Crippen molar-refractivity contribution in [2.24, 2.45) is 0 Å². The van der Waals surface area contributed by atoms with E-state index >= 15 is 0 Å². The van der Waals surface area contributed by atoms with Crippen LogP contribution in [-0.4, -0.2) is 42.4 Å². The van der Waals surface area contributed by atoms with Gasteiger partial charge < -0.3 is 14.7 Å². The number of likely N-dealkylation sites (N-methyl/N-ethyl adjacent to an activating group) is 1. The summed E-state index contributed by atoms with van der Waals surface area (Å²) in [4.78, 5) is 2.30. The largest absolute Gasteiger partial charge is 0.497 e. The molecule has 3 unspecified atom stereocenters. The molecular formula is C16H24BrNO2. The maximum atomic E-state index is 11.1. The van der Waals surface area contributed by atoms with Gasteiger partial charge in [-0.3, -0.25) is 0 Å². The van der Waals surface area contributed by atoms with Crippen molar-refractivity contribution in [3.8, 4) is 5.75 Å². The first-order valence-corrected chi connectivity index (χ1v) is 7.00. The molecule has 0 aromatic heterocycles. The molecule has 1 fully saturated rings. The lowest BCUT2D eigenvalue weighted by molar-refractivity contribution is -0.121. The number of piperidine rings is 1. The monoisotopic (exact) mass is 341 g/mol. The molecule has 20 heavy (non-hydrogen) atoms. The van der Waals surface area contributed by atoms with Crippen molar-refractivity contribution in [1.29, 1.82) is 0 Å². The number of hydrogen-bond acceptors (Lipinski definition) is 3. The maximum absolute atomic E-state index is 11.1. The highest BCUT2D eigenvalue weighted by atomic mass is 79.9. The van der Waals surface area contributed by atoms with Gasteiger partial charge >= 0.3 is 0 Å². The second-order valence-electron chi connectivity index (χ2n) is 6.45. The van der Waals surface area contributed by atoms with Crippen molar-refractivity contribution in [3.05, 3.63) is 29.3 Å². The molecule has 1 aliphatic carbocycles. The number of ether oxygens (including phenoxy) is 1. The molecule has 0 spiro atoms. The predicted octanol–water partition coefficient (Wildman–Crippen LogP) is 2.54. The highest BCUT2D eigenvalue weighted by Gasteiger charge is 2.57. The summed E-state index contributed by atoms with van der Waals surface area (Å²) in [5, 5.41) is 11.1. The first kappa shape index (κ1) is 15.8. The normalized spacial score (nSPS) is 36.0. The van der Waals surface area contributed by atoms with Gasteiger partial charge in [0.25, 0.3) is 0 Å². The molecular weight excluding hydrogens is 318 g/mol. The van der Waals surface area contributed by atoms with E-state index in [1.165, 1.54) is 11.1 Å². The fourth-order valence-electron chi connectivity index (χ4n) is 3.95. The highest BCUT2D eigenvalue weighted by Crippen LogP contribution is 2.51. The van der Waals surface area contributed by atoms with Gasteiger partial charge in [-0.05, 0) is 56.6 Å². The molecule has 1 aromatic carbocycles. The Bertz CT molecular complexity index is 517. The van der Waals surface area contributed by atoms with Crippen LogP contribution in [0, 0.1) is 0 Å². The number of halogens is 1. The van der Waals surface area contributed by atoms with Crippen LogP contribution in [0.3, 0.4) is 0 Å². The molecule has 1 saturated heterocycles. The molecule has 4 heteroatoms. The smallest absolute Gasteiger partial charge is 0.119 e.